The molecule has 1 aliphatic carbocycles. The minimum Gasteiger partial charge on any atom is -0.466 e. The second-order valence-electron chi connectivity index (χ2n) is 8.94. The average molecular weight is 394 g/mol. The fourth-order valence-corrected chi connectivity index (χ4v) is 4.45. The third kappa shape index (κ3) is 10.0. The molecule has 0 saturated heterocycles. The van der Waals surface area contributed by atoms with E-state index in [-0.39, 0.29) is 29.1 Å². The van der Waals surface area contributed by atoms with E-state index < -0.39 is 25.2 Å². The van der Waals surface area contributed by atoms with Crippen molar-refractivity contribution in [2.45, 2.75) is 85.2 Å². The lowest BCUT2D eigenvalue weighted by Crippen LogP contribution is -2.37. The van der Waals surface area contributed by atoms with Gasteiger partial charge >= 0.3 is 18.1 Å². The molecule has 4 nitrogen and oxygen atoms in total. The molecule has 27 heavy (non-hydrogen) atoms. The Labute approximate surface area is 160 Å². The van der Waals surface area contributed by atoms with Crippen LogP contribution in [0.25, 0.3) is 0 Å². The Morgan fingerprint density at radius 2 is 1.67 bits per heavy atom. The number of hydrogen-bond acceptors (Lipinski definition) is 4. The van der Waals surface area contributed by atoms with Gasteiger partial charge in [-0.1, -0.05) is 27.7 Å². The van der Waals surface area contributed by atoms with Crippen LogP contribution in [0.15, 0.2) is 0 Å². The van der Waals surface area contributed by atoms with Crippen molar-refractivity contribution in [3.63, 3.8) is 0 Å². The molecule has 7 heteroatoms. The zero-order chi connectivity index (χ0) is 20.7. The minimum absolute atomic E-state index is 0.0306. The quantitative estimate of drug-likeness (QED) is 0.489. The van der Waals surface area contributed by atoms with Crippen molar-refractivity contribution >= 4 is 11.9 Å². The van der Waals surface area contributed by atoms with E-state index in [1.165, 1.54) is 0 Å². The molecule has 0 N–H and O–H groups in total. The molecule has 1 fully saturated rings. The molecule has 0 bridgehead atoms. The van der Waals surface area contributed by atoms with Gasteiger partial charge in [0.25, 0.3) is 0 Å². The Balaban J connectivity index is 2.53. The molecule has 2 unspecified atom stereocenters. The van der Waals surface area contributed by atoms with E-state index >= 15 is 0 Å². The molecule has 0 amide bonds. The van der Waals surface area contributed by atoms with Crippen LogP contribution in [0.1, 0.15) is 79.1 Å². The highest BCUT2D eigenvalue weighted by Crippen LogP contribution is 2.51. The predicted octanol–water partition coefficient (Wildman–Crippen LogP) is 5.44. The average Bonchev–Trinajstić information content (AvgIpc) is 2.48. The SMILES string of the molecule is CCCOC(=O)CC1CC(C)(C)CC(C)(CCC(=O)OCCC(F)(F)F)C1. The normalized spacial score (nSPS) is 25.1. The molecule has 1 aliphatic rings. The van der Waals surface area contributed by atoms with Crippen LogP contribution in [0.5, 0.6) is 0 Å². The van der Waals surface area contributed by atoms with Crippen LogP contribution >= 0.6 is 0 Å². The summed E-state index contributed by atoms with van der Waals surface area (Å²) in [5, 5.41) is 0. The fourth-order valence-electron chi connectivity index (χ4n) is 4.45. The number of ether oxygens (including phenoxy) is 2. The van der Waals surface area contributed by atoms with Crippen LogP contribution in [-0.4, -0.2) is 31.3 Å². The maximum Gasteiger partial charge on any atom is 0.392 e. The van der Waals surface area contributed by atoms with Gasteiger partial charge in [0, 0.05) is 12.8 Å². The van der Waals surface area contributed by atoms with Crippen molar-refractivity contribution in [1.82, 2.24) is 0 Å². The first-order valence-corrected chi connectivity index (χ1v) is 9.72. The molecule has 0 spiro atoms. The third-order valence-electron chi connectivity index (χ3n) is 5.03. The Hall–Kier alpha value is -1.27. The van der Waals surface area contributed by atoms with Crippen LogP contribution < -0.4 is 0 Å². The van der Waals surface area contributed by atoms with Crippen molar-refractivity contribution in [2.75, 3.05) is 13.2 Å². The first kappa shape index (κ1) is 23.8. The number of rotatable bonds is 9. The summed E-state index contributed by atoms with van der Waals surface area (Å²) in [5.41, 5.74) is -0.122. The summed E-state index contributed by atoms with van der Waals surface area (Å²) in [6.45, 7) is 8.13. The van der Waals surface area contributed by atoms with Gasteiger partial charge in [-0.05, 0) is 48.9 Å². The second-order valence-corrected chi connectivity index (χ2v) is 8.94. The van der Waals surface area contributed by atoms with Gasteiger partial charge in [-0.3, -0.25) is 9.59 Å². The Morgan fingerprint density at radius 1 is 1.04 bits per heavy atom. The smallest absolute Gasteiger partial charge is 0.392 e. The van der Waals surface area contributed by atoms with Crippen molar-refractivity contribution in [3.8, 4) is 0 Å². The Kier molecular flexibility index (Phi) is 8.61. The summed E-state index contributed by atoms with van der Waals surface area (Å²) in [6, 6.07) is 0. The molecular weight excluding hydrogens is 361 g/mol. The number of carbonyl (C=O) groups excluding carboxylic acids is 2. The molecule has 158 valence electrons. The van der Waals surface area contributed by atoms with Crippen LogP contribution in [0, 0.1) is 16.7 Å². The summed E-state index contributed by atoms with van der Waals surface area (Å²) < 4.78 is 46.3. The summed E-state index contributed by atoms with van der Waals surface area (Å²) >= 11 is 0. The van der Waals surface area contributed by atoms with Crippen LogP contribution in [0.4, 0.5) is 13.2 Å². The molecule has 0 radical (unpaired) electrons. The van der Waals surface area contributed by atoms with Crippen molar-refractivity contribution in [1.29, 1.82) is 0 Å². The topological polar surface area (TPSA) is 52.6 Å². The van der Waals surface area contributed by atoms with Crippen LogP contribution in [0.3, 0.4) is 0 Å². The lowest BCUT2D eigenvalue weighted by Gasteiger charge is -2.46. The van der Waals surface area contributed by atoms with E-state index in [0.717, 1.165) is 25.7 Å². The van der Waals surface area contributed by atoms with Gasteiger partial charge in [0.15, 0.2) is 0 Å². The highest BCUT2D eigenvalue weighted by Gasteiger charge is 2.42. The van der Waals surface area contributed by atoms with E-state index in [4.69, 9.17) is 9.47 Å². The van der Waals surface area contributed by atoms with Crippen LogP contribution in [-0.2, 0) is 19.1 Å². The number of carbonyl (C=O) groups is 2. The molecule has 0 heterocycles. The Bertz CT molecular complexity index is 502. The predicted molar refractivity (Wildman–Crippen MR) is 96.0 cm³/mol. The standard InChI is InChI=1S/C20H33F3O4/c1-5-9-26-17(25)11-15-12-18(2,3)14-19(4,13-15)7-6-16(24)27-10-8-20(21,22)23/h15H,5-14H2,1-4H3. The molecular formula is C20H33F3O4. The highest BCUT2D eigenvalue weighted by molar-refractivity contribution is 5.70. The summed E-state index contributed by atoms with van der Waals surface area (Å²) in [7, 11) is 0. The molecule has 1 rings (SSSR count). The maximum absolute atomic E-state index is 12.1. The van der Waals surface area contributed by atoms with Gasteiger partial charge in [0.1, 0.15) is 0 Å². The van der Waals surface area contributed by atoms with E-state index in [2.05, 4.69) is 20.8 Å². The monoisotopic (exact) mass is 394 g/mol. The number of hydrogen-bond donors (Lipinski definition) is 0. The van der Waals surface area contributed by atoms with Gasteiger partial charge in [0.2, 0.25) is 0 Å². The fraction of sp³-hybridized carbons (Fsp3) is 0.900. The number of halogens is 3. The maximum atomic E-state index is 12.1. The lowest BCUT2D eigenvalue weighted by molar-refractivity contribution is -0.160. The summed E-state index contributed by atoms with van der Waals surface area (Å²) in [6.07, 6.45) is -1.03. The van der Waals surface area contributed by atoms with Crippen molar-refractivity contribution < 1.29 is 32.2 Å². The van der Waals surface area contributed by atoms with Gasteiger partial charge in [0.05, 0.1) is 19.6 Å². The van der Waals surface area contributed by atoms with Gasteiger partial charge in [-0.2, -0.15) is 13.2 Å². The second kappa shape index (κ2) is 9.78. The molecule has 2 atom stereocenters. The molecule has 0 aromatic rings. The number of esters is 2. The van der Waals surface area contributed by atoms with E-state index in [1.54, 1.807) is 0 Å². The summed E-state index contributed by atoms with van der Waals surface area (Å²) in [5.74, 6) is -0.597. The van der Waals surface area contributed by atoms with Crippen molar-refractivity contribution in [2.24, 2.45) is 16.7 Å². The molecule has 0 aromatic carbocycles. The largest absolute Gasteiger partial charge is 0.466 e. The van der Waals surface area contributed by atoms with E-state index in [1.807, 2.05) is 6.92 Å². The first-order valence-electron chi connectivity index (χ1n) is 9.72. The zero-order valence-corrected chi connectivity index (χ0v) is 16.9. The minimum atomic E-state index is -4.32. The third-order valence-corrected chi connectivity index (χ3v) is 5.03. The Morgan fingerprint density at radius 3 is 2.26 bits per heavy atom. The lowest BCUT2D eigenvalue weighted by atomic mass is 9.59. The van der Waals surface area contributed by atoms with E-state index in [0.29, 0.717) is 19.4 Å². The van der Waals surface area contributed by atoms with Crippen LogP contribution in [0.2, 0.25) is 0 Å². The molecule has 1 saturated carbocycles. The number of alkyl halides is 3. The van der Waals surface area contributed by atoms with Gasteiger partial charge < -0.3 is 9.47 Å². The summed E-state index contributed by atoms with van der Waals surface area (Å²) in [4.78, 5) is 23.8. The van der Waals surface area contributed by atoms with E-state index in [9.17, 15) is 22.8 Å². The van der Waals surface area contributed by atoms with Gasteiger partial charge in [-0.25, -0.2) is 0 Å². The zero-order valence-electron chi connectivity index (χ0n) is 16.9. The molecule has 0 aliphatic heterocycles. The van der Waals surface area contributed by atoms with Crippen molar-refractivity contribution in [3.05, 3.63) is 0 Å². The molecule has 0 aromatic heterocycles. The first-order chi connectivity index (χ1) is 12.3. The highest BCUT2D eigenvalue weighted by atomic mass is 19.4. The van der Waals surface area contributed by atoms with Gasteiger partial charge in [-0.15, -0.1) is 0 Å².